The van der Waals surface area contributed by atoms with Gasteiger partial charge in [0.1, 0.15) is 0 Å². The molecule has 2 heterocycles. The van der Waals surface area contributed by atoms with Crippen LogP contribution in [0.4, 0.5) is 0 Å². The summed E-state index contributed by atoms with van der Waals surface area (Å²) in [7, 11) is 0. The number of H-pyrrole nitrogens is 1. The van der Waals surface area contributed by atoms with E-state index in [2.05, 4.69) is 43.9 Å². The van der Waals surface area contributed by atoms with E-state index in [1.165, 1.54) is 11.1 Å². The standard InChI is InChI=1S/C16H18N6O/c23-15-10-12-8-7-11-4-1-2-5-13(11)16(12)19-22(15)9-3-6-14-17-20-21-18-14/h1-2,4-5,12H,3,6-10H2,(H,17,18,20,21). The first-order chi connectivity index (χ1) is 11.3. The van der Waals surface area contributed by atoms with Crippen LogP contribution in [0.3, 0.4) is 0 Å². The van der Waals surface area contributed by atoms with Crippen molar-refractivity contribution in [3.63, 3.8) is 0 Å². The van der Waals surface area contributed by atoms with Crippen LogP contribution >= 0.6 is 0 Å². The normalized spacial score (nSPS) is 20.0. The van der Waals surface area contributed by atoms with Crippen LogP contribution in [0, 0.1) is 5.92 Å². The molecule has 0 bridgehead atoms. The van der Waals surface area contributed by atoms with Gasteiger partial charge in [-0.2, -0.15) is 10.3 Å². The fourth-order valence-electron chi connectivity index (χ4n) is 3.36. The van der Waals surface area contributed by atoms with Crippen molar-refractivity contribution in [3.8, 4) is 0 Å². The Morgan fingerprint density at radius 3 is 3.09 bits per heavy atom. The van der Waals surface area contributed by atoms with Gasteiger partial charge in [-0.15, -0.1) is 10.2 Å². The van der Waals surface area contributed by atoms with Crippen LogP contribution in [0.1, 0.15) is 36.2 Å². The Kier molecular flexibility index (Phi) is 3.61. The Morgan fingerprint density at radius 2 is 2.22 bits per heavy atom. The van der Waals surface area contributed by atoms with Gasteiger partial charge in [0.15, 0.2) is 5.82 Å². The summed E-state index contributed by atoms with van der Waals surface area (Å²) in [6, 6.07) is 8.38. The van der Waals surface area contributed by atoms with Crippen LogP contribution < -0.4 is 0 Å². The molecular weight excluding hydrogens is 292 g/mol. The molecule has 1 atom stereocenters. The number of tetrazole rings is 1. The summed E-state index contributed by atoms with van der Waals surface area (Å²) >= 11 is 0. The second-order valence-corrected chi connectivity index (χ2v) is 6.03. The highest BCUT2D eigenvalue weighted by Crippen LogP contribution is 2.31. The summed E-state index contributed by atoms with van der Waals surface area (Å²) in [6.45, 7) is 0.589. The quantitative estimate of drug-likeness (QED) is 0.923. The van der Waals surface area contributed by atoms with Gasteiger partial charge < -0.3 is 0 Å². The molecule has 1 aliphatic carbocycles. The number of nitrogens with zero attached hydrogens (tertiary/aromatic N) is 5. The highest BCUT2D eigenvalue weighted by molar-refractivity contribution is 6.07. The second-order valence-electron chi connectivity index (χ2n) is 6.03. The Morgan fingerprint density at radius 1 is 1.30 bits per heavy atom. The number of carbonyl (C=O) groups excluding carboxylic acids is 1. The highest BCUT2D eigenvalue weighted by atomic mass is 16.2. The Bertz CT molecular complexity index is 739. The molecule has 1 amide bonds. The minimum Gasteiger partial charge on any atom is -0.273 e. The predicted octanol–water partition coefficient (Wildman–Crippen LogP) is 1.33. The Hall–Kier alpha value is -2.57. The molecule has 7 nitrogen and oxygen atoms in total. The van der Waals surface area contributed by atoms with Gasteiger partial charge in [-0.05, 0) is 24.8 Å². The van der Waals surface area contributed by atoms with Crippen molar-refractivity contribution in [3.05, 3.63) is 41.2 Å². The summed E-state index contributed by atoms with van der Waals surface area (Å²) < 4.78 is 0. The van der Waals surface area contributed by atoms with Crippen molar-refractivity contribution < 1.29 is 4.79 Å². The fourth-order valence-corrected chi connectivity index (χ4v) is 3.36. The minimum absolute atomic E-state index is 0.117. The molecule has 4 rings (SSSR count). The lowest BCUT2D eigenvalue weighted by Crippen LogP contribution is -2.39. The maximum Gasteiger partial charge on any atom is 0.243 e. The zero-order chi connectivity index (χ0) is 15.6. The SMILES string of the molecule is O=C1CC2CCc3ccccc3C2=NN1CCCc1nn[nH]n1. The van der Waals surface area contributed by atoms with Crippen LogP contribution in [0.2, 0.25) is 0 Å². The van der Waals surface area contributed by atoms with Gasteiger partial charge in [0.25, 0.3) is 0 Å². The number of carbonyl (C=O) groups is 1. The van der Waals surface area contributed by atoms with E-state index >= 15 is 0 Å². The third kappa shape index (κ3) is 2.74. The summed E-state index contributed by atoms with van der Waals surface area (Å²) in [5, 5.41) is 20.1. The Labute approximate surface area is 133 Å². The first-order valence-electron chi connectivity index (χ1n) is 8.01. The van der Waals surface area contributed by atoms with Gasteiger partial charge in [0.2, 0.25) is 5.91 Å². The van der Waals surface area contributed by atoms with Crippen molar-refractivity contribution in [1.82, 2.24) is 25.6 Å². The number of amides is 1. The largest absolute Gasteiger partial charge is 0.273 e. The van der Waals surface area contributed by atoms with E-state index in [-0.39, 0.29) is 11.8 Å². The number of nitrogens with one attached hydrogen (secondary N) is 1. The summed E-state index contributed by atoms with van der Waals surface area (Å²) in [5.74, 6) is 1.06. The molecule has 1 unspecified atom stereocenters. The van der Waals surface area contributed by atoms with Crippen molar-refractivity contribution in [2.75, 3.05) is 6.54 Å². The molecule has 0 radical (unpaired) electrons. The van der Waals surface area contributed by atoms with Crippen molar-refractivity contribution in [1.29, 1.82) is 0 Å². The lowest BCUT2D eigenvalue weighted by molar-refractivity contribution is -0.132. The van der Waals surface area contributed by atoms with Crippen molar-refractivity contribution >= 4 is 11.6 Å². The molecule has 2 aliphatic rings. The zero-order valence-electron chi connectivity index (χ0n) is 12.8. The van der Waals surface area contributed by atoms with Gasteiger partial charge in [-0.1, -0.05) is 29.5 Å². The molecule has 0 saturated heterocycles. The summed E-state index contributed by atoms with van der Waals surface area (Å²) in [4.78, 5) is 12.3. The smallest absolute Gasteiger partial charge is 0.243 e. The molecule has 23 heavy (non-hydrogen) atoms. The molecular formula is C16H18N6O. The molecule has 118 valence electrons. The number of fused-ring (bicyclic) bond motifs is 3. The molecule has 7 heteroatoms. The number of aromatic nitrogens is 4. The molecule has 1 aromatic heterocycles. The van der Waals surface area contributed by atoms with E-state index in [0.717, 1.165) is 25.0 Å². The molecule has 1 N–H and O–H groups in total. The van der Waals surface area contributed by atoms with Crippen LogP contribution in [0.15, 0.2) is 29.4 Å². The average Bonchev–Trinajstić information content (AvgIpc) is 3.09. The van der Waals surface area contributed by atoms with E-state index in [1.54, 1.807) is 5.01 Å². The number of benzene rings is 1. The van der Waals surface area contributed by atoms with Crippen LogP contribution in [-0.4, -0.2) is 43.8 Å². The van der Waals surface area contributed by atoms with Crippen LogP contribution in [-0.2, 0) is 17.6 Å². The van der Waals surface area contributed by atoms with Gasteiger partial charge in [-0.3, -0.25) is 4.79 Å². The van der Waals surface area contributed by atoms with Gasteiger partial charge >= 0.3 is 0 Å². The van der Waals surface area contributed by atoms with Gasteiger partial charge in [0.05, 0.1) is 5.71 Å². The number of hydrogen-bond acceptors (Lipinski definition) is 5. The van der Waals surface area contributed by atoms with E-state index in [4.69, 9.17) is 0 Å². The first kappa shape index (κ1) is 14.0. The summed E-state index contributed by atoms with van der Waals surface area (Å²) in [6.07, 6.45) is 4.07. The Balaban J connectivity index is 1.51. The minimum atomic E-state index is 0.117. The zero-order valence-corrected chi connectivity index (χ0v) is 12.8. The van der Waals surface area contributed by atoms with Crippen LogP contribution in [0.5, 0.6) is 0 Å². The number of aryl methyl sites for hydroxylation is 2. The average molecular weight is 310 g/mol. The monoisotopic (exact) mass is 310 g/mol. The molecule has 0 spiro atoms. The molecule has 0 fully saturated rings. The lowest BCUT2D eigenvalue weighted by atomic mass is 9.79. The van der Waals surface area contributed by atoms with E-state index < -0.39 is 0 Å². The topological polar surface area (TPSA) is 87.1 Å². The third-order valence-electron chi connectivity index (χ3n) is 4.54. The van der Waals surface area contributed by atoms with Crippen molar-refractivity contribution in [2.45, 2.75) is 32.1 Å². The predicted molar refractivity (Wildman–Crippen MR) is 83.6 cm³/mol. The third-order valence-corrected chi connectivity index (χ3v) is 4.54. The van der Waals surface area contributed by atoms with Gasteiger partial charge in [0, 0.05) is 30.9 Å². The number of aromatic amines is 1. The number of rotatable bonds is 4. The molecule has 1 aromatic carbocycles. The van der Waals surface area contributed by atoms with Crippen molar-refractivity contribution in [2.24, 2.45) is 11.0 Å². The molecule has 0 saturated carbocycles. The molecule has 2 aromatic rings. The molecule has 1 aliphatic heterocycles. The lowest BCUT2D eigenvalue weighted by Gasteiger charge is -2.33. The van der Waals surface area contributed by atoms with Crippen LogP contribution in [0.25, 0.3) is 0 Å². The van der Waals surface area contributed by atoms with E-state index in [0.29, 0.717) is 25.2 Å². The number of hydrazone groups is 1. The van der Waals surface area contributed by atoms with E-state index in [1.807, 2.05) is 6.07 Å². The highest BCUT2D eigenvalue weighted by Gasteiger charge is 2.33. The summed E-state index contributed by atoms with van der Waals surface area (Å²) in [5.41, 5.74) is 3.62. The second kappa shape index (κ2) is 5.91. The van der Waals surface area contributed by atoms with E-state index in [9.17, 15) is 4.79 Å². The first-order valence-corrected chi connectivity index (χ1v) is 8.01. The maximum atomic E-state index is 12.3. The van der Waals surface area contributed by atoms with Gasteiger partial charge in [-0.25, -0.2) is 5.01 Å². The maximum absolute atomic E-state index is 12.3. The number of hydrogen-bond donors (Lipinski definition) is 1. The fraction of sp³-hybridized carbons (Fsp3) is 0.438.